The molecule has 0 aromatic carbocycles. The monoisotopic (exact) mass is 378 g/mol. The predicted octanol–water partition coefficient (Wildman–Crippen LogP) is 4.13. The molecule has 0 saturated carbocycles. The van der Waals surface area contributed by atoms with Crippen molar-refractivity contribution >= 4 is 22.9 Å². The van der Waals surface area contributed by atoms with Gasteiger partial charge in [-0.1, -0.05) is 25.4 Å². The number of H-pyrrole nitrogens is 1. The van der Waals surface area contributed by atoms with Gasteiger partial charge in [-0.3, -0.25) is 9.80 Å². The lowest BCUT2D eigenvalue weighted by Crippen LogP contribution is -2.57. The van der Waals surface area contributed by atoms with Crippen LogP contribution in [-0.2, 0) is 18.5 Å². The van der Waals surface area contributed by atoms with Crippen LogP contribution in [0.25, 0.3) is 0 Å². The number of hydrogen-bond donors (Lipinski definition) is 1. The number of imidazole rings is 1. The summed E-state index contributed by atoms with van der Waals surface area (Å²) in [7, 11) is 0. The SMILES string of the molecule is CC(C)CN1CCc2[nH]cnc2C12CCN(Cc1ccc(Cl)s1)CC2. The first kappa shape index (κ1) is 17.5. The van der Waals surface area contributed by atoms with Crippen LogP contribution in [0.5, 0.6) is 0 Å². The molecule has 1 fully saturated rings. The summed E-state index contributed by atoms with van der Waals surface area (Å²) in [6.07, 6.45) is 5.32. The highest BCUT2D eigenvalue weighted by Crippen LogP contribution is 2.42. The molecule has 2 aromatic heterocycles. The van der Waals surface area contributed by atoms with Gasteiger partial charge < -0.3 is 4.98 Å². The Balaban J connectivity index is 1.52. The highest BCUT2D eigenvalue weighted by Gasteiger charge is 2.46. The Hall–Kier alpha value is -0.880. The number of aromatic nitrogens is 2. The maximum Gasteiger partial charge on any atom is 0.0931 e. The van der Waals surface area contributed by atoms with E-state index in [2.05, 4.69) is 34.7 Å². The zero-order valence-corrected chi connectivity index (χ0v) is 16.7. The minimum Gasteiger partial charge on any atom is -0.348 e. The van der Waals surface area contributed by atoms with E-state index in [4.69, 9.17) is 16.6 Å². The molecule has 2 aliphatic heterocycles. The van der Waals surface area contributed by atoms with E-state index >= 15 is 0 Å². The molecule has 1 spiro atoms. The second-order valence-electron chi connectivity index (χ2n) is 7.83. The van der Waals surface area contributed by atoms with Crippen LogP contribution in [0.3, 0.4) is 0 Å². The number of fused-ring (bicyclic) bond motifs is 2. The van der Waals surface area contributed by atoms with E-state index in [-0.39, 0.29) is 5.54 Å². The molecular formula is C19H27ClN4S. The molecule has 0 bridgehead atoms. The Kier molecular flexibility index (Phi) is 4.93. The number of thiophene rings is 1. The molecule has 0 amide bonds. The Morgan fingerprint density at radius 2 is 2.08 bits per heavy atom. The van der Waals surface area contributed by atoms with Crippen molar-refractivity contribution in [2.24, 2.45) is 5.92 Å². The number of nitrogens with zero attached hydrogens (tertiary/aromatic N) is 3. The lowest BCUT2D eigenvalue weighted by molar-refractivity contribution is -0.00334. The van der Waals surface area contributed by atoms with Crippen molar-refractivity contribution in [1.82, 2.24) is 19.8 Å². The third-order valence-electron chi connectivity index (χ3n) is 5.67. The van der Waals surface area contributed by atoms with Gasteiger partial charge in [0.1, 0.15) is 0 Å². The number of piperidine rings is 1. The van der Waals surface area contributed by atoms with Crippen LogP contribution >= 0.6 is 22.9 Å². The molecule has 1 N–H and O–H groups in total. The zero-order chi connectivity index (χ0) is 17.4. The number of halogens is 1. The van der Waals surface area contributed by atoms with Gasteiger partial charge >= 0.3 is 0 Å². The zero-order valence-electron chi connectivity index (χ0n) is 15.1. The summed E-state index contributed by atoms with van der Waals surface area (Å²) in [5.74, 6) is 0.684. The molecule has 4 rings (SSSR count). The molecule has 0 unspecified atom stereocenters. The second-order valence-corrected chi connectivity index (χ2v) is 9.63. The van der Waals surface area contributed by atoms with Crippen molar-refractivity contribution in [3.8, 4) is 0 Å². The van der Waals surface area contributed by atoms with Crippen LogP contribution in [0.2, 0.25) is 4.34 Å². The Morgan fingerprint density at radius 3 is 2.76 bits per heavy atom. The van der Waals surface area contributed by atoms with E-state index < -0.39 is 0 Å². The highest BCUT2D eigenvalue weighted by molar-refractivity contribution is 7.16. The quantitative estimate of drug-likeness (QED) is 0.868. The number of rotatable bonds is 4. The summed E-state index contributed by atoms with van der Waals surface area (Å²) < 4.78 is 0.889. The van der Waals surface area contributed by atoms with E-state index in [9.17, 15) is 0 Å². The van der Waals surface area contributed by atoms with Gasteiger partial charge in [0.15, 0.2) is 0 Å². The summed E-state index contributed by atoms with van der Waals surface area (Å²) in [6, 6.07) is 4.17. The molecule has 25 heavy (non-hydrogen) atoms. The maximum absolute atomic E-state index is 6.09. The van der Waals surface area contributed by atoms with Gasteiger partial charge in [-0.15, -0.1) is 11.3 Å². The van der Waals surface area contributed by atoms with Crippen molar-refractivity contribution in [1.29, 1.82) is 0 Å². The second kappa shape index (κ2) is 7.03. The lowest BCUT2D eigenvalue weighted by Gasteiger charge is -2.51. The van der Waals surface area contributed by atoms with E-state index in [1.54, 1.807) is 11.3 Å². The Bertz CT molecular complexity index is 715. The fraction of sp³-hybridized carbons (Fsp3) is 0.632. The van der Waals surface area contributed by atoms with E-state index in [0.717, 1.165) is 56.3 Å². The van der Waals surface area contributed by atoms with Crippen molar-refractivity contribution in [2.45, 2.75) is 45.2 Å². The smallest absolute Gasteiger partial charge is 0.0931 e. The summed E-state index contributed by atoms with van der Waals surface area (Å²) in [4.78, 5) is 14.8. The summed E-state index contributed by atoms with van der Waals surface area (Å²) in [6.45, 7) is 10.2. The van der Waals surface area contributed by atoms with Crippen LogP contribution in [-0.4, -0.2) is 45.9 Å². The maximum atomic E-state index is 6.09. The average Bonchev–Trinajstić information content (AvgIpc) is 3.21. The first-order chi connectivity index (χ1) is 12.1. The van der Waals surface area contributed by atoms with E-state index in [0.29, 0.717) is 5.92 Å². The summed E-state index contributed by atoms with van der Waals surface area (Å²) in [5, 5.41) is 0. The summed E-state index contributed by atoms with van der Waals surface area (Å²) >= 11 is 7.79. The molecule has 2 aliphatic rings. The molecule has 6 heteroatoms. The highest BCUT2D eigenvalue weighted by atomic mass is 35.5. The molecule has 4 heterocycles. The molecule has 2 aromatic rings. The van der Waals surface area contributed by atoms with Gasteiger partial charge in [0.25, 0.3) is 0 Å². The standard InChI is InChI=1S/C19H27ClN4S/c1-14(2)11-24-8-5-16-18(22-13-21-16)19(24)6-9-23(10-7-19)12-15-3-4-17(20)25-15/h3-4,13-14H,5-12H2,1-2H3,(H,21,22). The van der Waals surface area contributed by atoms with Gasteiger partial charge in [-0.2, -0.15) is 0 Å². The van der Waals surface area contributed by atoms with Crippen molar-refractivity contribution in [2.75, 3.05) is 26.2 Å². The molecule has 4 nitrogen and oxygen atoms in total. The average molecular weight is 379 g/mol. The van der Waals surface area contributed by atoms with Gasteiger partial charge in [0.2, 0.25) is 0 Å². The largest absolute Gasteiger partial charge is 0.348 e. The Morgan fingerprint density at radius 1 is 1.28 bits per heavy atom. The minimum absolute atomic E-state index is 0.126. The molecular weight excluding hydrogens is 352 g/mol. The first-order valence-corrected chi connectivity index (χ1v) is 10.5. The third-order valence-corrected chi connectivity index (χ3v) is 6.89. The molecule has 0 aliphatic carbocycles. The normalized spacial score (nSPS) is 21.1. The third kappa shape index (κ3) is 3.39. The first-order valence-electron chi connectivity index (χ1n) is 9.31. The van der Waals surface area contributed by atoms with Crippen molar-refractivity contribution in [3.63, 3.8) is 0 Å². The molecule has 136 valence electrons. The van der Waals surface area contributed by atoms with E-state index in [1.165, 1.54) is 16.3 Å². The van der Waals surface area contributed by atoms with Crippen LogP contribution in [0, 0.1) is 5.92 Å². The van der Waals surface area contributed by atoms with Gasteiger partial charge in [0.05, 0.1) is 21.9 Å². The van der Waals surface area contributed by atoms with Crippen LogP contribution in [0.1, 0.15) is 43.0 Å². The topological polar surface area (TPSA) is 35.2 Å². The van der Waals surface area contributed by atoms with Crippen molar-refractivity contribution in [3.05, 3.63) is 39.1 Å². The number of likely N-dealkylation sites (tertiary alicyclic amines) is 1. The minimum atomic E-state index is 0.126. The Labute approximate surface area is 159 Å². The predicted molar refractivity (Wildman–Crippen MR) is 104 cm³/mol. The van der Waals surface area contributed by atoms with Gasteiger partial charge in [-0.25, -0.2) is 4.98 Å². The van der Waals surface area contributed by atoms with E-state index in [1.807, 2.05) is 12.4 Å². The van der Waals surface area contributed by atoms with Crippen LogP contribution in [0.15, 0.2) is 18.5 Å². The fourth-order valence-electron chi connectivity index (χ4n) is 4.52. The van der Waals surface area contributed by atoms with Crippen LogP contribution < -0.4 is 0 Å². The number of hydrogen-bond acceptors (Lipinski definition) is 4. The van der Waals surface area contributed by atoms with Crippen LogP contribution in [0.4, 0.5) is 0 Å². The molecule has 0 radical (unpaired) electrons. The van der Waals surface area contributed by atoms with Crippen molar-refractivity contribution < 1.29 is 0 Å². The molecule has 0 atom stereocenters. The summed E-state index contributed by atoms with van der Waals surface area (Å²) in [5.41, 5.74) is 2.80. The van der Waals surface area contributed by atoms with Gasteiger partial charge in [-0.05, 0) is 30.9 Å². The fourth-order valence-corrected chi connectivity index (χ4v) is 5.65. The van der Waals surface area contributed by atoms with Gasteiger partial charge in [0, 0.05) is 49.7 Å². The number of aromatic amines is 1. The molecule has 1 saturated heterocycles. The lowest BCUT2D eigenvalue weighted by atomic mass is 9.78. The number of nitrogens with one attached hydrogen (secondary N) is 1.